The normalized spacial score (nSPS) is 11.4. The first-order valence-corrected chi connectivity index (χ1v) is 15.1. The quantitative estimate of drug-likeness (QED) is 0.210. The van der Waals surface area contributed by atoms with Gasteiger partial charge in [-0.15, -0.1) is 0 Å². The summed E-state index contributed by atoms with van der Waals surface area (Å²) < 4.78 is 4.67. The topological polar surface area (TPSA) is 57.4 Å². The molecule has 2 aromatic heterocycles. The van der Waals surface area contributed by atoms with Crippen molar-refractivity contribution in [3.05, 3.63) is 143 Å². The third kappa shape index (κ3) is 3.83. The Kier molecular flexibility index (Phi) is 5.88. The van der Waals surface area contributed by atoms with E-state index in [-0.39, 0.29) is 0 Å². The fourth-order valence-electron chi connectivity index (χ4n) is 7.20. The lowest BCUT2D eigenvalue weighted by Crippen LogP contribution is -2.06. The van der Waals surface area contributed by atoms with Crippen molar-refractivity contribution in [2.45, 2.75) is 20.8 Å². The average molecular weight is 577 g/mol. The minimum absolute atomic E-state index is 0.581. The second-order valence-corrected chi connectivity index (χ2v) is 11.8. The minimum atomic E-state index is 0.581. The molecule has 0 aliphatic heterocycles. The van der Waals surface area contributed by atoms with E-state index in [9.17, 15) is 10.5 Å². The number of fused-ring (bicyclic) bond motifs is 6. The van der Waals surface area contributed by atoms with Crippen LogP contribution in [0.15, 0.2) is 115 Å². The molecule has 0 bridgehead atoms. The van der Waals surface area contributed by atoms with E-state index in [2.05, 4.69) is 126 Å². The van der Waals surface area contributed by atoms with Crippen molar-refractivity contribution >= 4 is 43.6 Å². The van der Waals surface area contributed by atoms with Crippen molar-refractivity contribution < 1.29 is 0 Å². The smallest absolute Gasteiger partial charge is 0.0998 e. The lowest BCUT2D eigenvalue weighted by molar-refractivity contribution is 1.09. The van der Waals surface area contributed by atoms with Gasteiger partial charge in [0.15, 0.2) is 0 Å². The predicted molar refractivity (Wildman–Crippen MR) is 184 cm³/mol. The van der Waals surface area contributed by atoms with Crippen molar-refractivity contribution in [1.82, 2.24) is 9.13 Å². The Bertz CT molecular complexity index is 2600. The maximum Gasteiger partial charge on any atom is 0.0998 e. The molecule has 0 saturated heterocycles. The van der Waals surface area contributed by atoms with Crippen molar-refractivity contribution in [1.29, 1.82) is 10.5 Å². The van der Waals surface area contributed by atoms with Crippen LogP contribution < -0.4 is 0 Å². The second kappa shape index (κ2) is 9.98. The highest BCUT2D eigenvalue weighted by Gasteiger charge is 2.23. The second-order valence-electron chi connectivity index (χ2n) is 11.8. The van der Waals surface area contributed by atoms with Crippen LogP contribution in [0.5, 0.6) is 0 Å². The first-order chi connectivity index (χ1) is 22.0. The van der Waals surface area contributed by atoms with Gasteiger partial charge in [0.05, 0.1) is 56.7 Å². The Morgan fingerprint density at radius 1 is 0.467 bits per heavy atom. The van der Waals surface area contributed by atoms with Crippen LogP contribution in [0, 0.1) is 43.4 Å². The molecule has 2 heterocycles. The molecule has 212 valence electrons. The summed E-state index contributed by atoms with van der Waals surface area (Å²) in [7, 11) is 0. The van der Waals surface area contributed by atoms with Crippen LogP contribution in [0.3, 0.4) is 0 Å². The van der Waals surface area contributed by atoms with E-state index < -0.39 is 0 Å². The van der Waals surface area contributed by atoms with Crippen molar-refractivity contribution in [3.8, 4) is 34.6 Å². The molecular weight excluding hydrogens is 548 g/mol. The van der Waals surface area contributed by atoms with Crippen molar-refractivity contribution in [3.63, 3.8) is 0 Å². The van der Waals surface area contributed by atoms with Crippen LogP contribution in [-0.2, 0) is 0 Å². The maximum atomic E-state index is 10.6. The first-order valence-electron chi connectivity index (χ1n) is 15.1. The van der Waals surface area contributed by atoms with E-state index in [1.165, 1.54) is 32.7 Å². The van der Waals surface area contributed by atoms with Gasteiger partial charge in [-0.25, -0.2) is 0 Å². The van der Waals surface area contributed by atoms with Gasteiger partial charge in [0.1, 0.15) is 0 Å². The molecule has 0 amide bonds. The zero-order valence-corrected chi connectivity index (χ0v) is 25.3. The molecule has 6 aromatic carbocycles. The summed E-state index contributed by atoms with van der Waals surface area (Å²) >= 11 is 0. The number of hydrogen-bond donors (Lipinski definition) is 0. The first kappa shape index (κ1) is 26.5. The highest BCUT2D eigenvalue weighted by molar-refractivity contribution is 6.13. The molecule has 0 radical (unpaired) electrons. The fourth-order valence-corrected chi connectivity index (χ4v) is 7.20. The predicted octanol–water partition coefficient (Wildman–Crippen LogP) is 10.2. The van der Waals surface area contributed by atoms with Gasteiger partial charge in [0.2, 0.25) is 0 Å². The number of aryl methyl sites for hydroxylation is 3. The Balaban J connectivity index is 1.59. The Labute approximate surface area is 261 Å². The van der Waals surface area contributed by atoms with Gasteiger partial charge in [0, 0.05) is 27.1 Å². The summed E-state index contributed by atoms with van der Waals surface area (Å²) in [5.74, 6) is 0. The van der Waals surface area contributed by atoms with Gasteiger partial charge < -0.3 is 9.13 Å². The maximum absolute atomic E-state index is 10.6. The van der Waals surface area contributed by atoms with Crippen LogP contribution in [0.25, 0.3) is 66.1 Å². The number of hydrogen-bond acceptors (Lipinski definition) is 2. The molecule has 0 spiro atoms. The summed E-state index contributed by atoms with van der Waals surface area (Å²) in [6, 6.07) is 44.7. The molecule has 0 aliphatic rings. The third-order valence-electron chi connectivity index (χ3n) is 9.17. The van der Waals surface area contributed by atoms with Crippen molar-refractivity contribution in [2.75, 3.05) is 0 Å². The van der Waals surface area contributed by atoms with E-state index >= 15 is 0 Å². The van der Waals surface area contributed by atoms with E-state index in [1.807, 2.05) is 31.2 Å². The zero-order chi connectivity index (χ0) is 30.8. The summed E-state index contributed by atoms with van der Waals surface area (Å²) in [5.41, 5.74) is 12.7. The van der Waals surface area contributed by atoms with E-state index in [0.29, 0.717) is 11.1 Å². The Hall–Kier alpha value is -6.10. The number of benzene rings is 6. The Morgan fingerprint density at radius 2 is 1.00 bits per heavy atom. The van der Waals surface area contributed by atoms with Crippen LogP contribution in [0.4, 0.5) is 0 Å². The molecule has 8 aromatic rings. The molecule has 0 fully saturated rings. The van der Waals surface area contributed by atoms with Gasteiger partial charge >= 0.3 is 0 Å². The largest absolute Gasteiger partial charge is 0.307 e. The molecule has 0 aliphatic carbocycles. The Morgan fingerprint density at radius 3 is 1.53 bits per heavy atom. The lowest BCUT2D eigenvalue weighted by atomic mass is 9.93. The number of aromatic nitrogens is 2. The molecule has 4 nitrogen and oxygen atoms in total. The number of nitrogens with zero attached hydrogens (tertiary/aromatic N) is 4. The lowest BCUT2D eigenvalue weighted by Gasteiger charge is -2.20. The summed E-state index contributed by atoms with van der Waals surface area (Å²) in [6.45, 7) is 6.33. The van der Waals surface area contributed by atoms with E-state index in [1.54, 1.807) is 0 Å². The van der Waals surface area contributed by atoms with Crippen LogP contribution in [-0.4, -0.2) is 9.13 Å². The fraction of sp³-hybridized carbons (Fsp3) is 0.0732. The van der Waals surface area contributed by atoms with Crippen LogP contribution in [0.1, 0.15) is 27.8 Å². The molecule has 0 unspecified atom stereocenters. The monoisotopic (exact) mass is 576 g/mol. The van der Waals surface area contributed by atoms with Gasteiger partial charge in [-0.1, -0.05) is 66.7 Å². The van der Waals surface area contributed by atoms with E-state index in [0.717, 1.165) is 50.1 Å². The highest BCUT2D eigenvalue weighted by Crippen LogP contribution is 2.42. The van der Waals surface area contributed by atoms with Crippen LogP contribution in [0.2, 0.25) is 0 Å². The van der Waals surface area contributed by atoms with Crippen LogP contribution >= 0.6 is 0 Å². The summed E-state index contributed by atoms with van der Waals surface area (Å²) in [6.07, 6.45) is 0. The number of rotatable bonds is 3. The van der Waals surface area contributed by atoms with Gasteiger partial charge in [0.25, 0.3) is 0 Å². The molecule has 4 heteroatoms. The molecule has 0 saturated carbocycles. The van der Waals surface area contributed by atoms with Gasteiger partial charge in [-0.3, -0.25) is 0 Å². The zero-order valence-electron chi connectivity index (χ0n) is 25.3. The number of nitriles is 2. The summed E-state index contributed by atoms with van der Waals surface area (Å²) in [5, 5.41) is 25.0. The molecule has 0 atom stereocenters. The van der Waals surface area contributed by atoms with E-state index in [4.69, 9.17) is 0 Å². The summed E-state index contributed by atoms with van der Waals surface area (Å²) in [4.78, 5) is 0. The molecular formula is C41H28N4. The number of para-hydroxylation sites is 2. The standard InChI is InChI=1S/C41H28N4/c1-25-10-8-16-36-40(25)31-12-4-6-14-34(31)44(36)38-21-29(24-43)33(30-19-18-28(23-42)20-27(30)3)22-39(38)45-35-15-7-5-13-32(35)41-26(2)11-9-17-37(41)45/h4-22H,1-3H3. The highest BCUT2D eigenvalue weighted by atomic mass is 15.1. The average Bonchev–Trinajstić information content (AvgIpc) is 3.58. The molecule has 0 N–H and O–H groups in total. The van der Waals surface area contributed by atoms with Gasteiger partial charge in [-0.2, -0.15) is 10.5 Å². The van der Waals surface area contributed by atoms with Gasteiger partial charge in [-0.05, 0) is 91.6 Å². The SMILES string of the molecule is Cc1cc(C#N)ccc1-c1cc(-n2c3ccccc3c3c(C)cccc32)c(-n2c3ccccc3c3c(C)cccc32)cc1C#N. The molecule has 45 heavy (non-hydrogen) atoms. The molecule has 8 rings (SSSR count). The third-order valence-corrected chi connectivity index (χ3v) is 9.17. The van der Waals surface area contributed by atoms with Crippen molar-refractivity contribution in [2.24, 2.45) is 0 Å². The minimum Gasteiger partial charge on any atom is -0.307 e.